The van der Waals surface area contributed by atoms with E-state index in [1.54, 1.807) is 19.2 Å². The summed E-state index contributed by atoms with van der Waals surface area (Å²) >= 11 is 0. The molecule has 2 rings (SSSR count). The summed E-state index contributed by atoms with van der Waals surface area (Å²) in [5, 5.41) is 10.2. The molecule has 0 aromatic heterocycles. The molecule has 0 fully saturated rings. The molecule has 2 aromatic carbocycles. The van der Waals surface area contributed by atoms with Gasteiger partial charge in [0, 0.05) is 18.7 Å². The molecule has 0 aliphatic carbocycles. The lowest BCUT2D eigenvalue weighted by molar-refractivity contribution is 0.123. The highest BCUT2D eigenvalue weighted by molar-refractivity contribution is 5.33. The lowest BCUT2D eigenvalue weighted by Crippen LogP contribution is -2.24. The van der Waals surface area contributed by atoms with Gasteiger partial charge in [0.15, 0.2) is 0 Å². The third-order valence-corrected chi connectivity index (χ3v) is 3.37. The molecule has 0 aliphatic rings. The number of aliphatic hydroxyl groups excluding tert-OH is 1. The molecule has 1 N–H and O–H groups in total. The van der Waals surface area contributed by atoms with Crippen molar-refractivity contribution in [3.05, 3.63) is 65.5 Å². The van der Waals surface area contributed by atoms with Crippen molar-refractivity contribution in [2.75, 3.05) is 20.7 Å². The van der Waals surface area contributed by atoms with E-state index in [0.29, 0.717) is 18.7 Å². The van der Waals surface area contributed by atoms with Gasteiger partial charge in [-0.15, -0.1) is 0 Å². The van der Waals surface area contributed by atoms with Crippen molar-refractivity contribution < 1.29 is 14.2 Å². The first-order valence-corrected chi connectivity index (χ1v) is 6.84. The fraction of sp³-hybridized carbons (Fsp3) is 0.294. The SMILES string of the molecule is COc1ccccc1CN(C)CC(O)c1ccc(F)cc1. The predicted molar refractivity (Wildman–Crippen MR) is 80.7 cm³/mol. The first-order valence-electron chi connectivity index (χ1n) is 6.84. The summed E-state index contributed by atoms with van der Waals surface area (Å²) in [7, 11) is 3.57. The van der Waals surface area contributed by atoms with Crippen molar-refractivity contribution in [1.29, 1.82) is 0 Å². The van der Waals surface area contributed by atoms with E-state index in [1.807, 2.05) is 36.2 Å². The van der Waals surface area contributed by atoms with Gasteiger partial charge in [0.1, 0.15) is 11.6 Å². The van der Waals surface area contributed by atoms with Gasteiger partial charge >= 0.3 is 0 Å². The Kier molecular flexibility index (Phi) is 5.31. The summed E-state index contributed by atoms with van der Waals surface area (Å²) in [6.07, 6.45) is -0.648. The number of benzene rings is 2. The van der Waals surface area contributed by atoms with E-state index in [-0.39, 0.29) is 5.82 Å². The minimum Gasteiger partial charge on any atom is -0.496 e. The van der Waals surface area contributed by atoms with Crippen molar-refractivity contribution in [3.63, 3.8) is 0 Å². The molecule has 0 bridgehead atoms. The Morgan fingerprint density at radius 3 is 2.48 bits per heavy atom. The number of methoxy groups -OCH3 is 1. The minimum atomic E-state index is -0.648. The van der Waals surface area contributed by atoms with Gasteiger partial charge in [0.05, 0.1) is 13.2 Å². The summed E-state index contributed by atoms with van der Waals surface area (Å²) in [5.74, 6) is 0.536. The van der Waals surface area contributed by atoms with Crippen LogP contribution in [0.25, 0.3) is 0 Å². The summed E-state index contributed by atoms with van der Waals surface area (Å²) in [6, 6.07) is 13.7. The minimum absolute atomic E-state index is 0.298. The van der Waals surface area contributed by atoms with Crippen LogP contribution in [-0.2, 0) is 6.54 Å². The fourth-order valence-electron chi connectivity index (χ4n) is 2.27. The lowest BCUT2D eigenvalue weighted by Gasteiger charge is -2.21. The van der Waals surface area contributed by atoms with E-state index >= 15 is 0 Å². The van der Waals surface area contributed by atoms with Gasteiger partial charge in [0.25, 0.3) is 0 Å². The van der Waals surface area contributed by atoms with Crippen LogP contribution in [0, 0.1) is 5.82 Å². The zero-order valence-electron chi connectivity index (χ0n) is 12.3. The van der Waals surface area contributed by atoms with E-state index in [1.165, 1.54) is 12.1 Å². The maximum absolute atomic E-state index is 12.9. The van der Waals surface area contributed by atoms with E-state index in [9.17, 15) is 9.50 Å². The number of para-hydroxylation sites is 1. The van der Waals surface area contributed by atoms with Gasteiger partial charge in [-0.1, -0.05) is 30.3 Å². The second kappa shape index (κ2) is 7.20. The second-order valence-electron chi connectivity index (χ2n) is 5.08. The van der Waals surface area contributed by atoms with Crippen molar-refractivity contribution in [2.45, 2.75) is 12.6 Å². The van der Waals surface area contributed by atoms with Crippen LogP contribution in [-0.4, -0.2) is 30.7 Å². The number of hydrogen-bond donors (Lipinski definition) is 1. The average Bonchev–Trinajstić information content (AvgIpc) is 2.48. The summed E-state index contributed by atoms with van der Waals surface area (Å²) in [6.45, 7) is 1.13. The summed E-state index contributed by atoms with van der Waals surface area (Å²) < 4.78 is 18.2. The van der Waals surface area contributed by atoms with Crippen LogP contribution in [0.3, 0.4) is 0 Å². The van der Waals surface area contributed by atoms with Crippen LogP contribution >= 0.6 is 0 Å². The van der Waals surface area contributed by atoms with Crippen LogP contribution in [0.15, 0.2) is 48.5 Å². The summed E-state index contributed by atoms with van der Waals surface area (Å²) in [5.41, 5.74) is 1.78. The number of nitrogens with zero attached hydrogens (tertiary/aromatic N) is 1. The predicted octanol–water partition coefficient (Wildman–Crippen LogP) is 3.00. The Hall–Kier alpha value is -1.91. The van der Waals surface area contributed by atoms with Crippen LogP contribution in [0.4, 0.5) is 4.39 Å². The number of ether oxygens (including phenoxy) is 1. The molecule has 4 heteroatoms. The van der Waals surface area contributed by atoms with Crippen molar-refractivity contribution in [3.8, 4) is 5.75 Å². The van der Waals surface area contributed by atoms with E-state index < -0.39 is 6.10 Å². The molecule has 1 atom stereocenters. The molecule has 0 radical (unpaired) electrons. The number of halogens is 1. The first kappa shape index (κ1) is 15.5. The third-order valence-electron chi connectivity index (χ3n) is 3.37. The molecular formula is C17H20FNO2. The van der Waals surface area contributed by atoms with Gasteiger partial charge in [0.2, 0.25) is 0 Å². The molecule has 0 saturated heterocycles. The monoisotopic (exact) mass is 289 g/mol. The first-order chi connectivity index (χ1) is 10.1. The van der Waals surface area contributed by atoms with Gasteiger partial charge < -0.3 is 9.84 Å². The van der Waals surface area contributed by atoms with E-state index in [4.69, 9.17) is 4.74 Å². The smallest absolute Gasteiger partial charge is 0.123 e. The molecule has 21 heavy (non-hydrogen) atoms. The Bertz CT molecular complexity index is 571. The molecule has 0 heterocycles. The van der Waals surface area contributed by atoms with Crippen LogP contribution in [0.2, 0.25) is 0 Å². The van der Waals surface area contributed by atoms with E-state index in [2.05, 4.69) is 0 Å². The molecule has 0 amide bonds. The Morgan fingerprint density at radius 2 is 1.81 bits per heavy atom. The number of aliphatic hydroxyl groups is 1. The normalized spacial score (nSPS) is 12.4. The quantitative estimate of drug-likeness (QED) is 0.887. The molecule has 0 spiro atoms. The van der Waals surface area contributed by atoms with Gasteiger partial charge in [-0.2, -0.15) is 0 Å². The van der Waals surface area contributed by atoms with Gasteiger partial charge in [-0.25, -0.2) is 4.39 Å². The zero-order chi connectivity index (χ0) is 15.2. The summed E-state index contributed by atoms with van der Waals surface area (Å²) in [4.78, 5) is 2.01. The molecule has 112 valence electrons. The molecule has 0 saturated carbocycles. The highest BCUT2D eigenvalue weighted by Crippen LogP contribution is 2.20. The highest BCUT2D eigenvalue weighted by atomic mass is 19.1. The van der Waals surface area contributed by atoms with Crippen LogP contribution in [0.1, 0.15) is 17.2 Å². The number of likely N-dealkylation sites (N-methyl/N-ethyl adjacent to an activating group) is 1. The fourth-order valence-corrected chi connectivity index (χ4v) is 2.27. The van der Waals surface area contributed by atoms with Gasteiger partial charge in [-0.05, 0) is 30.8 Å². The maximum atomic E-state index is 12.9. The van der Waals surface area contributed by atoms with Crippen LogP contribution < -0.4 is 4.74 Å². The molecular weight excluding hydrogens is 269 g/mol. The molecule has 2 aromatic rings. The highest BCUT2D eigenvalue weighted by Gasteiger charge is 2.12. The lowest BCUT2D eigenvalue weighted by atomic mass is 10.1. The number of rotatable bonds is 6. The average molecular weight is 289 g/mol. The van der Waals surface area contributed by atoms with Crippen molar-refractivity contribution in [1.82, 2.24) is 4.90 Å². The molecule has 1 unspecified atom stereocenters. The molecule has 3 nitrogen and oxygen atoms in total. The van der Waals surface area contributed by atoms with Crippen molar-refractivity contribution in [2.24, 2.45) is 0 Å². The van der Waals surface area contributed by atoms with Crippen LogP contribution in [0.5, 0.6) is 5.75 Å². The maximum Gasteiger partial charge on any atom is 0.123 e. The largest absolute Gasteiger partial charge is 0.496 e. The Labute approximate surface area is 124 Å². The van der Waals surface area contributed by atoms with Gasteiger partial charge in [-0.3, -0.25) is 4.90 Å². The topological polar surface area (TPSA) is 32.7 Å². The molecule has 0 aliphatic heterocycles. The Morgan fingerprint density at radius 1 is 1.14 bits per heavy atom. The zero-order valence-corrected chi connectivity index (χ0v) is 12.3. The number of hydrogen-bond acceptors (Lipinski definition) is 3. The Balaban J connectivity index is 1.97. The van der Waals surface area contributed by atoms with E-state index in [0.717, 1.165) is 11.3 Å². The van der Waals surface area contributed by atoms with Crippen molar-refractivity contribution >= 4 is 0 Å². The standard InChI is InChI=1S/C17H20FNO2/c1-19(11-14-5-3-4-6-17(14)21-2)12-16(20)13-7-9-15(18)10-8-13/h3-10,16,20H,11-12H2,1-2H3. The third kappa shape index (κ3) is 4.28. The second-order valence-corrected chi connectivity index (χ2v) is 5.08.